The van der Waals surface area contributed by atoms with E-state index in [1.165, 1.54) is 0 Å². The molecule has 0 saturated heterocycles. The summed E-state index contributed by atoms with van der Waals surface area (Å²) in [4.78, 5) is 11.3. The molecule has 3 atom stereocenters. The molecule has 0 fully saturated rings. The number of benzene rings is 1. The monoisotopic (exact) mass is 377 g/mol. The van der Waals surface area contributed by atoms with Gasteiger partial charge in [0.2, 0.25) is 0 Å². The molecule has 1 aliphatic carbocycles. The number of hydrogen-bond donors (Lipinski definition) is 1. The van der Waals surface area contributed by atoms with Gasteiger partial charge in [0.25, 0.3) is 0 Å². The van der Waals surface area contributed by atoms with Crippen LogP contribution in [0.25, 0.3) is 0 Å². The fraction of sp³-hybridized carbons (Fsp3) is 0.409. The number of fused-ring (bicyclic) bond motifs is 2. The summed E-state index contributed by atoms with van der Waals surface area (Å²) in [5.41, 5.74) is 4.45. The maximum absolute atomic E-state index is 11.3. The van der Waals surface area contributed by atoms with Gasteiger partial charge in [-0.05, 0) is 36.6 Å². The SMILES string of the molecule is Cc1cc(N2N=C3C4=C(CC(C(=O)O)C=C4)OCC3C2C(C)C)ccc1C#N. The third kappa shape index (κ3) is 2.88. The van der Waals surface area contributed by atoms with Gasteiger partial charge in [-0.2, -0.15) is 10.4 Å². The van der Waals surface area contributed by atoms with E-state index < -0.39 is 11.9 Å². The number of aryl methyl sites for hydroxylation is 1. The average Bonchev–Trinajstić information content (AvgIpc) is 3.07. The number of anilines is 1. The molecule has 6 nitrogen and oxygen atoms in total. The maximum Gasteiger partial charge on any atom is 0.310 e. The summed E-state index contributed by atoms with van der Waals surface area (Å²) < 4.78 is 6.02. The zero-order chi connectivity index (χ0) is 20.0. The van der Waals surface area contributed by atoms with Gasteiger partial charge in [-0.25, -0.2) is 0 Å². The predicted octanol–water partition coefficient (Wildman–Crippen LogP) is 3.63. The first-order chi connectivity index (χ1) is 13.4. The van der Waals surface area contributed by atoms with Crippen LogP contribution in [0, 0.1) is 36.0 Å². The van der Waals surface area contributed by atoms with Crippen molar-refractivity contribution in [1.82, 2.24) is 0 Å². The summed E-state index contributed by atoms with van der Waals surface area (Å²) in [7, 11) is 0. The van der Waals surface area contributed by atoms with Crippen LogP contribution < -0.4 is 5.01 Å². The molecule has 28 heavy (non-hydrogen) atoms. The normalized spacial score (nSPS) is 25.8. The van der Waals surface area contributed by atoms with Gasteiger partial charge in [-0.1, -0.05) is 26.0 Å². The first-order valence-electron chi connectivity index (χ1n) is 9.56. The van der Waals surface area contributed by atoms with Gasteiger partial charge in [-0.15, -0.1) is 0 Å². The Bertz CT molecular complexity index is 968. The minimum absolute atomic E-state index is 0.126. The molecule has 0 bridgehead atoms. The molecular weight excluding hydrogens is 354 g/mol. The number of hydrazone groups is 1. The summed E-state index contributed by atoms with van der Waals surface area (Å²) in [5.74, 6) is -0.189. The van der Waals surface area contributed by atoms with Crippen LogP contribution in [-0.2, 0) is 9.53 Å². The Morgan fingerprint density at radius 3 is 2.86 bits per heavy atom. The highest BCUT2D eigenvalue weighted by Gasteiger charge is 2.45. The lowest BCUT2D eigenvalue weighted by molar-refractivity contribution is -0.140. The van der Waals surface area contributed by atoms with Gasteiger partial charge in [0.1, 0.15) is 5.76 Å². The number of aliphatic carboxylic acids is 1. The molecule has 0 saturated carbocycles. The first-order valence-corrected chi connectivity index (χ1v) is 9.56. The minimum Gasteiger partial charge on any atom is -0.496 e. The van der Waals surface area contributed by atoms with E-state index in [0.717, 1.165) is 28.3 Å². The van der Waals surface area contributed by atoms with Gasteiger partial charge in [0, 0.05) is 12.0 Å². The van der Waals surface area contributed by atoms with Crippen LogP contribution in [0.5, 0.6) is 0 Å². The second-order valence-electron chi connectivity index (χ2n) is 7.94. The highest BCUT2D eigenvalue weighted by atomic mass is 16.5. The van der Waals surface area contributed by atoms with Crippen LogP contribution in [0.15, 0.2) is 46.8 Å². The number of carbonyl (C=O) groups is 1. The lowest BCUT2D eigenvalue weighted by Crippen LogP contribution is -2.42. The summed E-state index contributed by atoms with van der Waals surface area (Å²) in [5, 5.41) is 25.5. The summed E-state index contributed by atoms with van der Waals surface area (Å²) in [6.45, 7) is 6.79. The average molecular weight is 377 g/mol. The van der Waals surface area contributed by atoms with E-state index in [4.69, 9.17) is 9.84 Å². The molecule has 4 rings (SSSR count). The van der Waals surface area contributed by atoms with Crippen molar-refractivity contribution in [2.45, 2.75) is 33.2 Å². The molecule has 2 heterocycles. The lowest BCUT2D eigenvalue weighted by Gasteiger charge is -2.34. The Balaban J connectivity index is 1.74. The minimum atomic E-state index is -0.836. The number of carboxylic acids is 1. The number of rotatable bonds is 3. The van der Waals surface area contributed by atoms with Crippen LogP contribution in [0.2, 0.25) is 0 Å². The van der Waals surface area contributed by atoms with Gasteiger partial charge >= 0.3 is 5.97 Å². The van der Waals surface area contributed by atoms with Gasteiger partial charge in [0.05, 0.1) is 47.5 Å². The third-order valence-corrected chi connectivity index (χ3v) is 5.77. The molecule has 3 unspecified atom stereocenters. The summed E-state index contributed by atoms with van der Waals surface area (Å²) >= 11 is 0. The predicted molar refractivity (Wildman–Crippen MR) is 106 cm³/mol. The van der Waals surface area contributed by atoms with Crippen molar-refractivity contribution in [3.05, 3.63) is 52.8 Å². The van der Waals surface area contributed by atoms with Crippen molar-refractivity contribution in [3.8, 4) is 6.07 Å². The van der Waals surface area contributed by atoms with E-state index in [1.54, 1.807) is 6.08 Å². The zero-order valence-corrected chi connectivity index (χ0v) is 16.2. The Kier molecular flexibility index (Phi) is 4.46. The number of allylic oxidation sites excluding steroid dienone is 3. The van der Waals surface area contributed by atoms with Crippen molar-refractivity contribution in [2.75, 3.05) is 11.6 Å². The van der Waals surface area contributed by atoms with E-state index in [1.807, 2.05) is 31.2 Å². The molecule has 3 aliphatic rings. The number of hydrogen-bond acceptors (Lipinski definition) is 5. The highest BCUT2D eigenvalue weighted by Crippen LogP contribution is 2.41. The van der Waals surface area contributed by atoms with Crippen molar-refractivity contribution < 1.29 is 14.6 Å². The topological polar surface area (TPSA) is 85.9 Å². The molecule has 144 valence electrons. The number of ether oxygens (including phenoxy) is 1. The Labute approximate surface area is 164 Å². The van der Waals surface area contributed by atoms with Crippen LogP contribution in [0.3, 0.4) is 0 Å². The van der Waals surface area contributed by atoms with Crippen LogP contribution in [0.4, 0.5) is 5.69 Å². The van der Waals surface area contributed by atoms with E-state index in [-0.39, 0.29) is 12.0 Å². The standard InChI is InChI=1S/C22H23N3O3/c1-12(2)21-18-11-28-19-9-14(22(26)27)5-7-17(19)20(18)24-25(21)16-6-4-15(10-23)13(3)8-16/h4-8,12,14,18,21H,9,11H2,1-3H3,(H,26,27). The molecule has 6 heteroatoms. The van der Waals surface area contributed by atoms with Crippen molar-refractivity contribution in [2.24, 2.45) is 22.9 Å². The Morgan fingerprint density at radius 1 is 1.43 bits per heavy atom. The molecule has 0 amide bonds. The molecular formula is C22H23N3O3. The van der Waals surface area contributed by atoms with Gasteiger partial charge < -0.3 is 9.84 Å². The largest absolute Gasteiger partial charge is 0.496 e. The van der Waals surface area contributed by atoms with Gasteiger partial charge in [0.15, 0.2) is 0 Å². The van der Waals surface area contributed by atoms with E-state index in [9.17, 15) is 15.2 Å². The Morgan fingerprint density at radius 2 is 2.21 bits per heavy atom. The van der Waals surface area contributed by atoms with Crippen molar-refractivity contribution >= 4 is 17.4 Å². The number of nitrogens with zero attached hydrogens (tertiary/aromatic N) is 3. The van der Waals surface area contributed by atoms with Crippen LogP contribution >= 0.6 is 0 Å². The smallest absolute Gasteiger partial charge is 0.310 e. The fourth-order valence-corrected chi connectivity index (χ4v) is 4.32. The molecule has 1 aromatic carbocycles. The van der Waals surface area contributed by atoms with E-state index in [0.29, 0.717) is 24.5 Å². The fourth-order valence-electron chi connectivity index (χ4n) is 4.32. The van der Waals surface area contributed by atoms with Crippen LogP contribution in [-0.4, -0.2) is 29.4 Å². The zero-order valence-electron chi connectivity index (χ0n) is 16.2. The Hall–Kier alpha value is -3.07. The first kappa shape index (κ1) is 18.3. The molecule has 0 spiro atoms. The molecule has 0 radical (unpaired) electrons. The molecule has 2 aliphatic heterocycles. The second kappa shape index (κ2) is 6.83. The quantitative estimate of drug-likeness (QED) is 0.869. The maximum atomic E-state index is 11.3. The lowest BCUT2D eigenvalue weighted by atomic mass is 9.81. The number of nitriles is 1. The van der Waals surface area contributed by atoms with Crippen LogP contribution in [0.1, 0.15) is 31.4 Å². The second-order valence-corrected chi connectivity index (χ2v) is 7.94. The van der Waals surface area contributed by atoms with E-state index in [2.05, 4.69) is 24.9 Å². The summed E-state index contributed by atoms with van der Waals surface area (Å²) in [6, 6.07) is 8.13. The van der Waals surface area contributed by atoms with Crippen molar-refractivity contribution in [1.29, 1.82) is 5.26 Å². The summed E-state index contributed by atoms with van der Waals surface area (Å²) in [6.07, 6.45) is 3.96. The van der Waals surface area contributed by atoms with Crippen molar-refractivity contribution in [3.63, 3.8) is 0 Å². The van der Waals surface area contributed by atoms with E-state index >= 15 is 0 Å². The molecule has 0 aromatic heterocycles. The number of carboxylic acid groups (broad SMARTS) is 1. The highest BCUT2D eigenvalue weighted by molar-refractivity contribution is 6.08. The third-order valence-electron chi connectivity index (χ3n) is 5.77. The molecule has 1 N–H and O–H groups in total. The molecule has 1 aromatic rings. The van der Waals surface area contributed by atoms with Gasteiger partial charge in [-0.3, -0.25) is 9.80 Å².